The van der Waals surface area contributed by atoms with Crippen molar-refractivity contribution in [2.75, 3.05) is 62.7 Å². The number of aryl methyl sites for hydroxylation is 2. The Balaban J connectivity index is 0.965. The van der Waals surface area contributed by atoms with Crippen LogP contribution in [0.15, 0.2) is 48.8 Å². The highest BCUT2D eigenvalue weighted by molar-refractivity contribution is 5.93. The molecule has 3 aliphatic heterocycles. The third-order valence-electron chi connectivity index (χ3n) is 9.12. The van der Waals surface area contributed by atoms with E-state index in [9.17, 15) is 10.1 Å². The zero-order valence-corrected chi connectivity index (χ0v) is 26.9. The second-order valence-electron chi connectivity index (χ2n) is 12.3. The molecule has 2 N–H and O–H groups in total. The van der Waals surface area contributed by atoms with E-state index in [-0.39, 0.29) is 30.2 Å². The molecule has 5 heterocycles. The number of piperidine rings is 1. The normalized spacial score (nSPS) is 20.2. The van der Waals surface area contributed by atoms with Crippen LogP contribution in [0.5, 0.6) is 5.75 Å². The molecular formula is C34H37FN10O3. The average Bonchev–Trinajstić information content (AvgIpc) is 3.42. The van der Waals surface area contributed by atoms with E-state index in [0.717, 1.165) is 45.1 Å². The van der Waals surface area contributed by atoms with Crippen molar-refractivity contribution >= 4 is 23.2 Å². The number of piperazine rings is 1. The summed E-state index contributed by atoms with van der Waals surface area (Å²) in [5.74, 6) is 1.32. The number of likely N-dealkylation sites (tertiary alicyclic amines) is 1. The fourth-order valence-corrected chi connectivity index (χ4v) is 6.35. The van der Waals surface area contributed by atoms with Crippen molar-refractivity contribution in [2.45, 2.75) is 38.6 Å². The molecule has 0 bridgehead atoms. The number of imidazole rings is 1. The SMILES string of the molecule is Cc1nc(C(=O)N2CCC(Oc3ccc(-c4ncnc(Nc5ccc(N6CCN(C7COC7)CC6)cc5)n4)cc3C#N)C(F)C2)c(C)[nH]1. The predicted molar refractivity (Wildman–Crippen MR) is 176 cm³/mol. The molecule has 3 saturated heterocycles. The molecule has 14 heteroatoms. The van der Waals surface area contributed by atoms with E-state index in [1.54, 1.807) is 32.0 Å². The highest BCUT2D eigenvalue weighted by atomic mass is 19.1. The second kappa shape index (κ2) is 13.5. The van der Waals surface area contributed by atoms with Crippen molar-refractivity contribution in [2.24, 2.45) is 0 Å². The van der Waals surface area contributed by atoms with Gasteiger partial charge in [-0.05, 0) is 56.3 Å². The van der Waals surface area contributed by atoms with Gasteiger partial charge < -0.3 is 29.6 Å². The Kier molecular flexibility index (Phi) is 8.88. The number of alkyl halides is 1. The summed E-state index contributed by atoms with van der Waals surface area (Å²) < 4.78 is 26.6. The number of anilines is 3. The van der Waals surface area contributed by atoms with Crippen molar-refractivity contribution < 1.29 is 18.7 Å². The number of ether oxygens (including phenoxy) is 2. The lowest BCUT2D eigenvalue weighted by molar-refractivity contribution is -0.0660. The zero-order valence-electron chi connectivity index (χ0n) is 26.9. The number of aromatic nitrogens is 5. The van der Waals surface area contributed by atoms with Gasteiger partial charge in [-0.25, -0.2) is 19.3 Å². The van der Waals surface area contributed by atoms with E-state index in [1.807, 2.05) is 12.1 Å². The van der Waals surface area contributed by atoms with Crippen LogP contribution < -0.4 is 15.0 Å². The number of H-pyrrole nitrogens is 1. The Hall–Kier alpha value is -5.13. The van der Waals surface area contributed by atoms with E-state index in [4.69, 9.17) is 9.47 Å². The van der Waals surface area contributed by atoms with Crippen molar-refractivity contribution in [3.05, 3.63) is 71.6 Å². The molecule has 1 amide bonds. The molecule has 248 valence electrons. The monoisotopic (exact) mass is 652 g/mol. The standard InChI is InChI=1S/C34H37FN10O3/c1-21-31(40-22(2)39-21)33(46)45-10-9-30(28(35)17-45)48-29-8-3-23(15-24(29)16-36)32-37-20-38-34(42-32)41-25-4-6-26(7-5-25)43-11-13-44(14-12-43)27-18-47-19-27/h3-8,15,20,27-28,30H,9-14,17-19H2,1-2H3,(H,39,40)(H,37,38,41,42). The average molecular weight is 653 g/mol. The van der Waals surface area contributed by atoms with Crippen LogP contribution in [0.3, 0.4) is 0 Å². The number of carbonyl (C=O) groups excluding carboxylic acids is 1. The fraction of sp³-hybridized carbons (Fsp3) is 0.412. The number of halogens is 1. The Morgan fingerprint density at radius 3 is 2.52 bits per heavy atom. The Morgan fingerprint density at radius 1 is 1.06 bits per heavy atom. The van der Waals surface area contributed by atoms with Gasteiger partial charge in [0.2, 0.25) is 5.95 Å². The van der Waals surface area contributed by atoms with Gasteiger partial charge in [0, 0.05) is 61.8 Å². The topological polar surface area (TPSA) is 148 Å². The first-order chi connectivity index (χ1) is 23.3. The quantitative estimate of drug-likeness (QED) is 0.287. The number of hydrogen-bond donors (Lipinski definition) is 2. The minimum atomic E-state index is -1.43. The predicted octanol–water partition coefficient (Wildman–Crippen LogP) is 3.65. The number of amides is 1. The molecule has 2 unspecified atom stereocenters. The van der Waals surface area contributed by atoms with Crippen LogP contribution in [0.4, 0.5) is 21.7 Å². The summed E-state index contributed by atoms with van der Waals surface area (Å²) in [5, 5.41) is 13.1. The minimum absolute atomic E-state index is 0.119. The van der Waals surface area contributed by atoms with Gasteiger partial charge in [0.15, 0.2) is 12.0 Å². The maximum Gasteiger partial charge on any atom is 0.274 e. The van der Waals surface area contributed by atoms with E-state index < -0.39 is 12.3 Å². The molecule has 2 aromatic carbocycles. The number of rotatable bonds is 8. The van der Waals surface area contributed by atoms with Gasteiger partial charge in [-0.1, -0.05) is 0 Å². The summed E-state index contributed by atoms with van der Waals surface area (Å²) >= 11 is 0. The van der Waals surface area contributed by atoms with Crippen LogP contribution in [0.25, 0.3) is 11.4 Å². The fourth-order valence-electron chi connectivity index (χ4n) is 6.35. The van der Waals surface area contributed by atoms with Gasteiger partial charge in [-0.2, -0.15) is 10.2 Å². The van der Waals surface area contributed by atoms with Crippen molar-refractivity contribution in [3.8, 4) is 23.2 Å². The first-order valence-electron chi connectivity index (χ1n) is 16.1. The molecule has 4 aromatic rings. The van der Waals surface area contributed by atoms with E-state index in [2.05, 4.69) is 58.2 Å². The summed E-state index contributed by atoms with van der Waals surface area (Å²) in [6.07, 6.45) is -0.548. The first kappa shape index (κ1) is 31.5. The largest absolute Gasteiger partial charge is 0.486 e. The molecule has 48 heavy (non-hydrogen) atoms. The summed E-state index contributed by atoms with van der Waals surface area (Å²) in [6.45, 7) is 9.45. The Labute approximate surface area is 277 Å². The second-order valence-corrected chi connectivity index (χ2v) is 12.3. The maximum atomic E-state index is 15.3. The molecule has 3 aliphatic rings. The number of benzene rings is 2. The summed E-state index contributed by atoms with van der Waals surface area (Å²) in [6, 6.07) is 15.9. The van der Waals surface area contributed by atoms with Crippen LogP contribution in [0.1, 0.15) is 34.0 Å². The van der Waals surface area contributed by atoms with E-state index >= 15 is 4.39 Å². The van der Waals surface area contributed by atoms with Crippen LogP contribution in [-0.2, 0) is 4.74 Å². The number of nitrogens with zero attached hydrogens (tertiary/aromatic N) is 8. The molecule has 13 nitrogen and oxygen atoms in total. The number of nitriles is 1. The van der Waals surface area contributed by atoms with Gasteiger partial charge in [-0.3, -0.25) is 9.69 Å². The number of carbonyl (C=O) groups is 1. The van der Waals surface area contributed by atoms with Gasteiger partial charge in [0.1, 0.15) is 35.8 Å². The Morgan fingerprint density at radius 2 is 1.85 bits per heavy atom. The lowest BCUT2D eigenvalue weighted by Gasteiger charge is -2.43. The zero-order chi connectivity index (χ0) is 33.2. The first-order valence-corrected chi connectivity index (χ1v) is 16.1. The lowest BCUT2D eigenvalue weighted by Crippen LogP contribution is -2.56. The highest BCUT2D eigenvalue weighted by Crippen LogP contribution is 2.29. The number of hydrogen-bond acceptors (Lipinski definition) is 11. The molecule has 0 spiro atoms. The molecule has 0 saturated carbocycles. The maximum absolute atomic E-state index is 15.3. The summed E-state index contributed by atoms with van der Waals surface area (Å²) in [4.78, 5) is 39.7. The van der Waals surface area contributed by atoms with Crippen LogP contribution in [0.2, 0.25) is 0 Å². The van der Waals surface area contributed by atoms with Crippen LogP contribution in [-0.4, -0.2) is 111 Å². The van der Waals surface area contributed by atoms with Gasteiger partial charge >= 0.3 is 0 Å². The smallest absolute Gasteiger partial charge is 0.274 e. The summed E-state index contributed by atoms with van der Waals surface area (Å²) in [5.41, 5.74) is 3.79. The van der Waals surface area contributed by atoms with Gasteiger partial charge in [-0.15, -0.1) is 0 Å². The van der Waals surface area contributed by atoms with E-state index in [1.165, 1.54) is 16.9 Å². The molecule has 2 aromatic heterocycles. The van der Waals surface area contributed by atoms with Gasteiger partial charge in [0.05, 0.1) is 31.4 Å². The summed E-state index contributed by atoms with van der Waals surface area (Å²) in [7, 11) is 0. The Bertz CT molecular complexity index is 1810. The third-order valence-corrected chi connectivity index (χ3v) is 9.12. The molecule has 0 radical (unpaired) electrons. The third kappa shape index (κ3) is 6.65. The van der Waals surface area contributed by atoms with E-state index in [0.29, 0.717) is 47.1 Å². The molecule has 3 fully saturated rings. The van der Waals surface area contributed by atoms with Gasteiger partial charge in [0.25, 0.3) is 5.91 Å². The van der Waals surface area contributed by atoms with Crippen LogP contribution in [0, 0.1) is 25.2 Å². The highest BCUT2D eigenvalue weighted by Gasteiger charge is 2.35. The van der Waals surface area contributed by atoms with Crippen LogP contribution >= 0.6 is 0 Å². The minimum Gasteiger partial charge on any atom is -0.486 e. The molecule has 7 rings (SSSR count). The molecule has 0 aliphatic carbocycles. The number of aromatic amines is 1. The molecular weight excluding hydrogens is 615 g/mol. The lowest BCUT2D eigenvalue weighted by atomic mass is 10.0. The van der Waals surface area contributed by atoms with Crippen molar-refractivity contribution in [1.82, 2.24) is 34.7 Å². The number of nitrogens with one attached hydrogen (secondary N) is 2. The molecule has 2 atom stereocenters. The van der Waals surface area contributed by atoms with Crippen molar-refractivity contribution in [3.63, 3.8) is 0 Å². The van der Waals surface area contributed by atoms with Crippen molar-refractivity contribution in [1.29, 1.82) is 5.26 Å².